The monoisotopic (exact) mass is 325 g/mol. The number of unbranched alkanes of at least 4 members (excludes halogenated alkanes) is 4. The molecule has 0 atom stereocenters. The van der Waals surface area contributed by atoms with Crippen LogP contribution in [0.4, 0.5) is 0 Å². The molecular weight excluding hydrogens is 292 g/mol. The average Bonchev–Trinajstić information content (AvgIpc) is 2.55. The lowest BCUT2D eigenvalue weighted by Crippen LogP contribution is -2.33. The Morgan fingerprint density at radius 3 is 2.33 bits per heavy atom. The zero-order valence-corrected chi connectivity index (χ0v) is 16.2. The number of hydrogen-bond acceptors (Lipinski definition) is 1. The van der Waals surface area contributed by atoms with Crippen molar-refractivity contribution in [1.82, 2.24) is 0 Å². The predicted molar refractivity (Wildman–Crippen MR) is 104 cm³/mol. The highest BCUT2D eigenvalue weighted by molar-refractivity contribution is 6.07. The van der Waals surface area contributed by atoms with Gasteiger partial charge in [-0.3, -0.25) is 4.79 Å². The van der Waals surface area contributed by atoms with Gasteiger partial charge in [-0.2, -0.15) is 0 Å². The molecule has 2 rings (SSSR count). The third-order valence-electron chi connectivity index (χ3n) is 5.68. The molecule has 0 unspecified atom stereocenters. The highest BCUT2D eigenvalue weighted by Gasteiger charge is 2.37. The van der Waals surface area contributed by atoms with Crippen LogP contribution in [0.5, 0.6) is 0 Å². The number of benzene rings is 1. The van der Waals surface area contributed by atoms with Crippen LogP contribution < -0.4 is 0 Å². The molecule has 1 heteroatoms. The van der Waals surface area contributed by atoms with E-state index < -0.39 is 0 Å². The minimum atomic E-state index is 0.177. The maximum atomic E-state index is 11.5. The molecule has 0 bridgehead atoms. The number of fused-ring (bicyclic) bond motifs is 1. The van der Waals surface area contributed by atoms with Crippen LogP contribution in [0.1, 0.15) is 96.3 Å². The average molecular weight is 326 g/mol. The summed E-state index contributed by atoms with van der Waals surface area (Å²) in [5.41, 5.74) is 5.01. The molecule has 0 N–H and O–H groups in total. The van der Waals surface area contributed by atoms with Crippen LogP contribution in [0.25, 0.3) is 5.57 Å². The van der Waals surface area contributed by atoms with Gasteiger partial charge in [0.1, 0.15) is 0 Å². The van der Waals surface area contributed by atoms with Gasteiger partial charge in [-0.05, 0) is 53.2 Å². The van der Waals surface area contributed by atoms with Crippen molar-refractivity contribution in [1.29, 1.82) is 0 Å². The topological polar surface area (TPSA) is 17.1 Å². The van der Waals surface area contributed by atoms with Crippen molar-refractivity contribution in [3.63, 3.8) is 0 Å². The minimum absolute atomic E-state index is 0.177. The summed E-state index contributed by atoms with van der Waals surface area (Å²) in [7, 11) is 0. The van der Waals surface area contributed by atoms with E-state index in [1.54, 1.807) is 0 Å². The lowest BCUT2D eigenvalue weighted by Gasteiger charge is -2.42. The Bertz CT molecular complexity index is 604. The molecule has 24 heavy (non-hydrogen) atoms. The minimum Gasteiger partial charge on any atom is -0.285 e. The molecule has 0 saturated carbocycles. The van der Waals surface area contributed by atoms with E-state index in [0.29, 0.717) is 0 Å². The smallest absolute Gasteiger partial charge is 0.233 e. The Morgan fingerprint density at radius 2 is 1.71 bits per heavy atom. The van der Waals surface area contributed by atoms with Crippen molar-refractivity contribution in [3.8, 4) is 0 Å². The van der Waals surface area contributed by atoms with E-state index in [9.17, 15) is 4.79 Å². The second-order valence-corrected chi connectivity index (χ2v) is 8.60. The van der Waals surface area contributed by atoms with Crippen LogP contribution in [0, 0.1) is 0 Å². The summed E-state index contributed by atoms with van der Waals surface area (Å²) in [6.07, 6.45) is 12.5. The molecule has 1 aliphatic rings. The largest absolute Gasteiger partial charge is 0.285 e. The van der Waals surface area contributed by atoms with Crippen LogP contribution in [0.15, 0.2) is 24.3 Å². The highest BCUT2D eigenvalue weighted by Crippen LogP contribution is 2.46. The fraction of sp³-hybridized carbons (Fsp3) is 0.609. The van der Waals surface area contributed by atoms with Gasteiger partial charge in [-0.1, -0.05) is 78.2 Å². The van der Waals surface area contributed by atoms with Crippen LogP contribution in [-0.4, -0.2) is 6.29 Å². The van der Waals surface area contributed by atoms with Crippen LogP contribution in [0.3, 0.4) is 0 Å². The summed E-state index contributed by atoms with van der Waals surface area (Å²) in [4.78, 5) is 11.5. The zero-order valence-electron chi connectivity index (χ0n) is 16.2. The summed E-state index contributed by atoms with van der Waals surface area (Å²) in [5, 5.41) is 0. The fourth-order valence-corrected chi connectivity index (χ4v) is 3.79. The highest BCUT2D eigenvalue weighted by atomic mass is 16.1. The van der Waals surface area contributed by atoms with Crippen molar-refractivity contribution in [2.24, 2.45) is 0 Å². The van der Waals surface area contributed by atoms with Crippen molar-refractivity contribution in [2.45, 2.75) is 90.4 Å². The van der Waals surface area contributed by atoms with Gasteiger partial charge in [0.15, 0.2) is 0 Å². The Kier molecular flexibility index (Phi) is 6.06. The van der Waals surface area contributed by atoms with Crippen molar-refractivity contribution >= 4 is 11.9 Å². The first kappa shape index (κ1) is 19.0. The summed E-state index contributed by atoms with van der Waals surface area (Å²) in [6, 6.07) is 6.61. The Hall–Kier alpha value is -1.37. The lowest BCUT2D eigenvalue weighted by molar-refractivity contribution is 0.332. The van der Waals surface area contributed by atoms with Gasteiger partial charge >= 0.3 is 0 Å². The molecule has 0 spiro atoms. The van der Waals surface area contributed by atoms with Gasteiger partial charge in [-0.25, -0.2) is 0 Å². The first-order valence-corrected chi connectivity index (χ1v) is 9.55. The Morgan fingerprint density at radius 1 is 1.04 bits per heavy atom. The maximum absolute atomic E-state index is 11.5. The second kappa shape index (κ2) is 7.68. The third kappa shape index (κ3) is 4.18. The van der Waals surface area contributed by atoms with E-state index in [1.165, 1.54) is 43.2 Å². The SMILES string of the molecule is CCCCCCC=C([C]=O)c1ccc2c(c1)C(C)(C)CCC2(C)C. The van der Waals surface area contributed by atoms with Crippen LogP contribution in [0.2, 0.25) is 0 Å². The normalized spacial score (nSPS) is 19.0. The summed E-state index contributed by atoms with van der Waals surface area (Å²) >= 11 is 0. The summed E-state index contributed by atoms with van der Waals surface area (Å²) in [5.74, 6) is 0. The van der Waals surface area contributed by atoms with E-state index in [0.717, 1.165) is 24.0 Å². The van der Waals surface area contributed by atoms with Gasteiger partial charge in [0.25, 0.3) is 0 Å². The first-order valence-electron chi connectivity index (χ1n) is 9.55. The Balaban J connectivity index is 2.28. The van der Waals surface area contributed by atoms with Gasteiger partial charge in [0.05, 0.1) is 0 Å². The fourth-order valence-electron chi connectivity index (χ4n) is 3.79. The van der Waals surface area contributed by atoms with Gasteiger partial charge in [0, 0.05) is 5.57 Å². The molecule has 0 aliphatic heterocycles. The molecular formula is C23H33O. The number of rotatable bonds is 7. The third-order valence-corrected chi connectivity index (χ3v) is 5.68. The van der Waals surface area contributed by atoms with Gasteiger partial charge in [0.2, 0.25) is 6.29 Å². The van der Waals surface area contributed by atoms with E-state index in [-0.39, 0.29) is 10.8 Å². The maximum Gasteiger partial charge on any atom is 0.233 e. The van der Waals surface area contributed by atoms with Crippen molar-refractivity contribution in [3.05, 3.63) is 41.0 Å². The van der Waals surface area contributed by atoms with E-state index >= 15 is 0 Å². The van der Waals surface area contributed by atoms with Gasteiger partial charge < -0.3 is 0 Å². The molecule has 1 aromatic rings. The zero-order chi connectivity index (χ0) is 17.8. The van der Waals surface area contributed by atoms with E-state index in [2.05, 4.69) is 65.2 Å². The van der Waals surface area contributed by atoms with E-state index in [1.807, 2.05) is 0 Å². The molecule has 0 fully saturated rings. The first-order chi connectivity index (χ1) is 11.3. The van der Waals surface area contributed by atoms with Crippen molar-refractivity contribution in [2.75, 3.05) is 0 Å². The molecule has 0 aromatic heterocycles. The number of allylic oxidation sites excluding steroid dienone is 2. The van der Waals surface area contributed by atoms with Crippen LogP contribution in [-0.2, 0) is 15.6 Å². The van der Waals surface area contributed by atoms with Gasteiger partial charge in [-0.15, -0.1) is 0 Å². The van der Waals surface area contributed by atoms with E-state index in [4.69, 9.17) is 0 Å². The van der Waals surface area contributed by atoms with Crippen molar-refractivity contribution < 1.29 is 4.79 Å². The number of carbonyl (C=O) groups excluding carboxylic acids is 1. The molecule has 1 aliphatic carbocycles. The number of hydrogen-bond donors (Lipinski definition) is 0. The lowest BCUT2D eigenvalue weighted by atomic mass is 9.63. The molecule has 0 heterocycles. The molecule has 1 aromatic carbocycles. The molecule has 1 radical (unpaired) electrons. The van der Waals surface area contributed by atoms with Crippen LogP contribution >= 0.6 is 0 Å². The molecule has 0 amide bonds. The molecule has 0 saturated heterocycles. The standard InChI is InChI=1S/C23H33O/c1-6-7-8-9-10-11-19(17-24)18-12-13-20-21(16-18)23(4,5)15-14-22(20,2)3/h11-13,16H,6-10,14-15H2,1-5H3. The predicted octanol–water partition coefficient (Wildman–Crippen LogP) is 6.50. The second-order valence-electron chi connectivity index (χ2n) is 8.60. The quantitative estimate of drug-likeness (QED) is 0.413. The summed E-state index contributed by atoms with van der Waals surface area (Å²) < 4.78 is 0. The summed E-state index contributed by atoms with van der Waals surface area (Å²) in [6.45, 7) is 11.5. The Labute approximate surface area is 148 Å². The molecule has 1 nitrogen and oxygen atoms in total. The molecule has 131 valence electrons.